The van der Waals surface area contributed by atoms with Crippen molar-refractivity contribution in [2.45, 2.75) is 57.0 Å². The van der Waals surface area contributed by atoms with Gasteiger partial charge in [0.05, 0.1) is 30.7 Å². The van der Waals surface area contributed by atoms with Gasteiger partial charge in [-0.15, -0.1) is 0 Å². The number of hydrogen-bond acceptors (Lipinski definition) is 7. The van der Waals surface area contributed by atoms with Crippen molar-refractivity contribution in [1.29, 1.82) is 0 Å². The van der Waals surface area contributed by atoms with Crippen LogP contribution in [0.25, 0.3) is 0 Å². The first-order valence-electron chi connectivity index (χ1n) is 12.9. The Hall–Kier alpha value is -2.21. The lowest BCUT2D eigenvalue weighted by Crippen LogP contribution is -2.47. The summed E-state index contributed by atoms with van der Waals surface area (Å²) in [6.45, 7) is 8.63. The number of sulfonamides is 1. The normalized spacial score (nSPS) is 19.4. The van der Waals surface area contributed by atoms with E-state index in [-0.39, 0.29) is 48.6 Å². The Balaban J connectivity index is 1.45. The number of amides is 2. The van der Waals surface area contributed by atoms with E-state index in [0.29, 0.717) is 30.0 Å². The fourth-order valence-corrected chi connectivity index (χ4v) is 6.73. The molecule has 0 spiro atoms. The lowest BCUT2D eigenvalue weighted by molar-refractivity contribution is -0.138. The predicted octanol–water partition coefficient (Wildman–Crippen LogP) is 1.49. The Labute approximate surface area is 221 Å². The topological polar surface area (TPSA) is 99.7 Å². The molecule has 3 rings (SSSR count). The minimum Gasteiger partial charge on any atom is -0.497 e. The molecule has 2 fully saturated rings. The molecule has 2 saturated heterocycles. The van der Waals surface area contributed by atoms with Crippen molar-refractivity contribution < 1.29 is 27.5 Å². The third-order valence-electron chi connectivity index (χ3n) is 7.58. The molecule has 2 heterocycles. The maximum atomic E-state index is 13.1. The quantitative estimate of drug-likeness (QED) is 0.394. The van der Waals surface area contributed by atoms with Crippen LogP contribution in [0.1, 0.15) is 37.3 Å². The lowest BCUT2D eigenvalue weighted by Gasteiger charge is -2.29. The molecule has 0 bridgehead atoms. The summed E-state index contributed by atoms with van der Waals surface area (Å²) in [7, 11) is 1.06. The third kappa shape index (κ3) is 6.81. The third-order valence-corrected chi connectivity index (χ3v) is 9.74. The molecule has 0 aromatic heterocycles. The molecule has 2 aliphatic rings. The van der Waals surface area contributed by atoms with E-state index >= 15 is 0 Å². The van der Waals surface area contributed by atoms with Crippen LogP contribution < -0.4 is 4.74 Å². The second-order valence-electron chi connectivity index (χ2n) is 10.1. The van der Waals surface area contributed by atoms with Gasteiger partial charge < -0.3 is 19.3 Å². The number of carbonyl (C=O) groups is 2. The minimum atomic E-state index is -3.72. The zero-order valence-corrected chi connectivity index (χ0v) is 23.8. The average molecular weight is 539 g/mol. The van der Waals surface area contributed by atoms with Crippen LogP contribution in [0.4, 0.5) is 0 Å². The first-order valence-corrected chi connectivity index (χ1v) is 14.4. The van der Waals surface area contributed by atoms with Crippen LogP contribution in [0.2, 0.25) is 0 Å². The molecule has 1 aromatic rings. The Bertz CT molecular complexity index is 1050. The zero-order valence-electron chi connectivity index (χ0n) is 23.0. The number of aryl methyl sites for hydroxylation is 2. The maximum Gasteiger partial charge on any atom is 0.248 e. The van der Waals surface area contributed by atoms with E-state index in [1.165, 1.54) is 11.4 Å². The van der Waals surface area contributed by atoms with Crippen LogP contribution in [-0.4, -0.2) is 118 Å². The van der Waals surface area contributed by atoms with Crippen LogP contribution in [-0.2, 0) is 24.3 Å². The van der Waals surface area contributed by atoms with E-state index in [1.807, 2.05) is 11.8 Å². The largest absolute Gasteiger partial charge is 0.497 e. The number of likely N-dealkylation sites (tertiary alicyclic amines) is 2. The predicted molar refractivity (Wildman–Crippen MR) is 141 cm³/mol. The summed E-state index contributed by atoms with van der Waals surface area (Å²) in [5, 5.41) is 0. The second-order valence-corrected chi connectivity index (χ2v) is 12.1. The van der Waals surface area contributed by atoms with E-state index in [4.69, 9.17) is 9.47 Å². The molecular formula is C26H42N4O6S. The molecule has 2 amide bonds. The molecular weight excluding hydrogens is 496 g/mol. The first kappa shape index (κ1) is 29.3. The summed E-state index contributed by atoms with van der Waals surface area (Å²) in [6.07, 6.45) is 3.02. The number of hydrogen-bond donors (Lipinski definition) is 0. The van der Waals surface area contributed by atoms with Crippen molar-refractivity contribution in [1.82, 2.24) is 19.0 Å². The van der Waals surface area contributed by atoms with Crippen LogP contribution >= 0.6 is 0 Å². The van der Waals surface area contributed by atoms with Gasteiger partial charge in [-0.2, -0.15) is 4.31 Å². The highest BCUT2D eigenvalue weighted by molar-refractivity contribution is 7.89. The molecule has 10 nitrogen and oxygen atoms in total. The Morgan fingerprint density at radius 1 is 1.11 bits per heavy atom. The van der Waals surface area contributed by atoms with Crippen molar-refractivity contribution in [3.8, 4) is 5.75 Å². The van der Waals surface area contributed by atoms with Gasteiger partial charge in [-0.05, 0) is 76.4 Å². The molecule has 1 aromatic carbocycles. The molecule has 1 unspecified atom stereocenters. The van der Waals surface area contributed by atoms with Gasteiger partial charge in [-0.25, -0.2) is 8.42 Å². The number of benzene rings is 1. The fourth-order valence-electron chi connectivity index (χ4n) is 5.18. The molecule has 0 radical (unpaired) electrons. The summed E-state index contributed by atoms with van der Waals surface area (Å²) in [4.78, 5) is 31.6. The highest BCUT2D eigenvalue weighted by Gasteiger charge is 2.35. The van der Waals surface area contributed by atoms with Gasteiger partial charge in [-0.3, -0.25) is 14.5 Å². The maximum absolute atomic E-state index is 13.1. The van der Waals surface area contributed by atoms with Crippen LogP contribution in [0, 0.1) is 13.8 Å². The van der Waals surface area contributed by atoms with E-state index in [1.54, 1.807) is 45.0 Å². The van der Waals surface area contributed by atoms with E-state index < -0.39 is 10.0 Å². The summed E-state index contributed by atoms with van der Waals surface area (Å²) < 4.78 is 38.3. The van der Waals surface area contributed by atoms with Crippen LogP contribution in [0.5, 0.6) is 5.75 Å². The van der Waals surface area contributed by atoms with Gasteiger partial charge in [0.25, 0.3) is 0 Å². The van der Waals surface area contributed by atoms with E-state index in [0.717, 1.165) is 32.4 Å². The van der Waals surface area contributed by atoms with Crippen LogP contribution in [0.15, 0.2) is 17.0 Å². The first-order chi connectivity index (χ1) is 17.5. The second kappa shape index (κ2) is 12.6. The minimum absolute atomic E-state index is 0.0464. The summed E-state index contributed by atoms with van der Waals surface area (Å²) in [5.74, 6) is 0.561. The summed E-state index contributed by atoms with van der Waals surface area (Å²) in [5.41, 5.74) is 1.22. The van der Waals surface area contributed by atoms with Crippen molar-refractivity contribution in [2.75, 3.05) is 67.1 Å². The highest BCUT2D eigenvalue weighted by atomic mass is 32.2. The number of methoxy groups -OCH3 is 1. The Morgan fingerprint density at radius 3 is 2.32 bits per heavy atom. The van der Waals surface area contributed by atoms with Gasteiger partial charge in [0.2, 0.25) is 21.8 Å². The standard InChI is InChI=1S/C26H42N4O6S/c1-19-15-23(35-6)16-20(2)25(19)37(33,34)27(4)13-14-36-18-24(31)28(5)22-9-12-30(17-22)26(32)21(3)29-10-7-8-11-29/h15-16,21-22H,7-14,17-18H2,1-6H3/t21?,22-/m0/s1. The monoisotopic (exact) mass is 538 g/mol. The summed E-state index contributed by atoms with van der Waals surface area (Å²) >= 11 is 0. The van der Waals surface area contributed by atoms with Crippen molar-refractivity contribution in [3.63, 3.8) is 0 Å². The molecule has 0 N–H and O–H groups in total. The zero-order chi connectivity index (χ0) is 27.3. The Kier molecular flexibility index (Phi) is 9.96. The highest BCUT2D eigenvalue weighted by Crippen LogP contribution is 2.27. The van der Waals surface area contributed by atoms with Gasteiger partial charge in [0.15, 0.2) is 0 Å². The molecule has 11 heteroatoms. The van der Waals surface area contributed by atoms with Gasteiger partial charge in [0, 0.05) is 33.7 Å². The molecule has 2 aliphatic heterocycles. The van der Waals surface area contributed by atoms with Crippen LogP contribution in [0.3, 0.4) is 0 Å². The Morgan fingerprint density at radius 2 is 1.73 bits per heavy atom. The van der Waals surface area contributed by atoms with Crippen molar-refractivity contribution >= 4 is 21.8 Å². The van der Waals surface area contributed by atoms with Gasteiger partial charge in [0.1, 0.15) is 12.4 Å². The SMILES string of the molecule is COc1cc(C)c(S(=O)(=O)N(C)CCOCC(=O)N(C)[C@H]2CCN(C(=O)C(C)N3CCCC3)C2)c(C)c1. The number of likely N-dealkylation sites (N-methyl/N-ethyl adjacent to an activating group) is 2. The molecule has 37 heavy (non-hydrogen) atoms. The molecule has 2 atom stereocenters. The number of nitrogens with zero attached hydrogens (tertiary/aromatic N) is 4. The van der Waals surface area contributed by atoms with E-state index in [9.17, 15) is 18.0 Å². The molecule has 0 saturated carbocycles. The van der Waals surface area contributed by atoms with E-state index in [2.05, 4.69) is 4.90 Å². The fraction of sp³-hybridized carbons (Fsp3) is 0.692. The van der Waals surface area contributed by atoms with Gasteiger partial charge in [-0.1, -0.05) is 0 Å². The lowest BCUT2D eigenvalue weighted by atomic mass is 10.1. The molecule has 0 aliphatic carbocycles. The number of carbonyl (C=O) groups excluding carboxylic acids is 2. The number of rotatable bonds is 11. The summed E-state index contributed by atoms with van der Waals surface area (Å²) in [6, 6.07) is 3.23. The molecule has 208 valence electrons. The number of ether oxygens (including phenoxy) is 2. The van der Waals surface area contributed by atoms with Crippen molar-refractivity contribution in [3.05, 3.63) is 23.3 Å². The average Bonchev–Trinajstić information content (AvgIpc) is 3.57. The van der Waals surface area contributed by atoms with Crippen molar-refractivity contribution in [2.24, 2.45) is 0 Å². The smallest absolute Gasteiger partial charge is 0.248 e. The van der Waals surface area contributed by atoms with Gasteiger partial charge >= 0.3 is 0 Å².